The number of rotatable bonds is 4. The van der Waals surface area contributed by atoms with Gasteiger partial charge in [-0.15, -0.1) is 0 Å². The number of carbonyl (C=O) groups excluding carboxylic acids is 3. The third-order valence-electron chi connectivity index (χ3n) is 5.54. The van der Waals surface area contributed by atoms with E-state index in [1.807, 2.05) is 56.0 Å². The van der Waals surface area contributed by atoms with Gasteiger partial charge in [0.05, 0.1) is 19.2 Å². The number of fused-ring (bicyclic) bond motifs is 1. The Hall–Kier alpha value is -2.41. The number of piperidine rings is 1. The molecule has 0 saturated carbocycles. The highest BCUT2D eigenvalue weighted by atomic mass is 16.6. The van der Waals surface area contributed by atoms with Crippen molar-refractivity contribution < 1.29 is 23.9 Å². The Balaban J connectivity index is 1.88. The Morgan fingerprint density at radius 3 is 2.52 bits per heavy atom. The van der Waals surface area contributed by atoms with Crippen LogP contribution in [0.5, 0.6) is 0 Å². The average molecular weight is 402 g/mol. The summed E-state index contributed by atoms with van der Waals surface area (Å²) in [5.74, 6) is -0.602. The number of likely N-dealkylation sites (tertiary alicyclic amines) is 2. The molecule has 0 aromatic heterocycles. The number of ether oxygens (including phenoxy) is 2. The van der Waals surface area contributed by atoms with Gasteiger partial charge in [-0.3, -0.25) is 14.5 Å². The van der Waals surface area contributed by atoms with Crippen LogP contribution in [0.2, 0.25) is 0 Å². The number of carbonyl (C=O) groups is 3. The first kappa shape index (κ1) is 21.3. The number of hydrogen-bond donors (Lipinski definition) is 0. The summed E-state index contributed by atoms with van der Waals surface area (Å²) >= 11 is 0. The Bertz CT molecular complexity index is 773. The number of benzene rings is 1. The molecule has 7 heteroatoms. The number of ketones is 1. The molecule has 2 unspecified atom stereocenters. The largest absolute Gasteiger partial charge is 0.465 e. The maximum absolute atomic E-state index is 13.1. The molecular formula is C22H30N2O5. The molecular weight excluding hydrogens is 372 g/mol. The molecule has 29 heavy (non-hydrogen) atoms. The van der Waals surface area contributed by atoms with Crippen molar-refractivity contribution in [2.75, 3.05) is 26.2 Å². The van der Waals surface area contributed by atoms with E-state index in [-0.39, 0.29) is 38.4 Å². The fourth-order valence-corrected chi connectivity index (χ4v) is 4.21. The normalized spacial score (nSPS) is 24.9. The molecule has 0 aliphatic carbocycles. The highest BCUT2D eigenvalue weighted by molar-refractivity contribution is 6.07. The van der Waals surface area contributed by atoms with Crippen LogP contribution in [-0.4, -0.2) is 65.5 Å². The Kier molecular flexibility index (Phi) is 5.98. The van der Waals surface area contributed by atoms with E-state index >= 15 is 0 Å². The van der Waals surface area contributed by atoms with Crippen molar-refractivity contribution in [3.63, 3.8) is 0 Å². The number of nitrogens with zero attached hydrogens (tertiary/aromatic N) is 2. The fraction of sp³-hybridized carbons (Fsp3) is 0.591. The summed E-state index contributed by atoms with van der Waals surface area (Å²) < 4.78 is 10.8. The van der Waals surface area contributed by atoms with Crippen LogP contribution in [-0.2, 0) is 25.6 Å². The van der Waals surface area contributed by atoms with Gasteiger partial charge >= 0.3 is 12.1 Å². The molecule has 0 N–H and O–H groups in total. The molecule has 2 aliphatic heterocycles. The molecule has 2 fully saturated rings. The topological polar surface area (TPSA) is 76.2 Å². The van der Waals surface area contributed by atoms with Gasteiger partial charge in [-0.2, -0.15) is 0 Å². The van der Waals surface area contributed by atoms with Crippen molar-refractivity contribution in [3.8, 4) is 0 Å². The van der Waals surface area contributed by atoms with Gasteiger partial charge in [0.2, 0.25) is 0 Å². The zero-order chi connectivity index (χ0) is 21.2. The van der Waals surface area contributed by atoms with E-state index in [0.29, 0.717) is 6.54 Å². The summed E-state index contributed by atoms with van der Waals surface area (Å²) in [5, 5.41) is 0. The standard InChI is InChI=1S/C22H30N2O5/c1-5-28-19(26)22-11-12-23(20(27)29-21(2,3)4)14-17(22)24(15-18(22)25)13-16-9-7-6-8-10-16/h6-10,17H,5,11-15H2,1-4H3. The monoisotopic (exact) mass is 402 g/mol. The molecule has 0 spiro atoms. The summed E-state index contributed by atoms with van der Waals surface area (Å²) in [4.78, 5) is 42.2. The predicted octanol–water partition coefficient (Wildman–Crippen LogP) is 2.63. The van der Waals surface area contributed by atoms with Crippen molar-refractivity contribution in [3.05, 3.63) is 35.9 Å². The third kappa shape index (κ3) is 4.29. The van der Waals surface area contributed by atoms with Gasteiger partial charge in [-0.25, -0.2) is 4.79 Å². The second-order valence-electron chi connectivity index (χ2n) is 8.70. The van der Waals surface area contributed by atoms with E-state index in [0.717, 1.165) is 5.56 Å². The lowest BCUT2D eigenvalue weighted by Gasteiger charge is -2.43. The molecule has 2 heterocycles. The summed E-state index contributed by atoms with van der Waals surface area (Å²) in [6.07, 6.45) is -0.172. The molecule has 7 nitrogen and oxygen atoms in total. The highest BCUT2D eigenvalue weighted by Gasteiger charge is 2.62. The van der Waals surface area contributed by atoms with Gasteiger partial charge in [0, 0.05) is 19.6 Å². The van der Waals surface area contributed by atoms with E-state index in [9.17, 15) is 14.4 Å². The highest BCUT2D eigenvalue weighted by Crippen LogP contribution is 2.43. The van der Waals surface area contributed by atoms with Crippen molar-refractivity contribution in [1.82, 2.24) is 9.80 Å². The first-order valence-electron chi connectivity index (χ1n) is 10.1. The number of hydrogen-bond acceptors (Lipinski definition) is 6. The van der Waals surface area contributed by atoms with E-state index in [1.165, 1.54) is 0 Å². The summed E-state index contributed by atoms with van der Waals surface area (Å²) in [6.45, 7) is 8.65. The first-order chi connectivity index (χ1) is 13.7. The van der Waals surface area contributed by atoms with Crippen LogP contribution in [0.4, 0.5) is 4.79 Å². The van der Waals surface area contributed by atoms with Gasteiger partial charge < -0.3 is 14.4 Å². The number of Topliss-reactive ketones (excluding diaryl/α,β-unsaturated/α-hetero) is 1. The van der Waals surface area contributed by atoms with Crippen LogP contribution in [0.3, 0.4) is 0 Å². The Morgan fingerprint density at radius 1 is 1.21 bits per heavy atom. The Labute approximate surface area is 171 Å². The fourth-order valence-electron chi connectivity index (χ4n) is 4.21. The molecule has 2 aliphatic rings. The SMILES string of the molecule is CCOC(=O)C12CCN(C(=O)OC(C)(C)C)CC1N(Cc1ccccc1)CC2=O. The quantitative estimate of drug-likeness (QED) is 0.569. The maximum Gasteiger partial charge on any atom is 0.410 e. The van der Waals surface area contributed by atoms with Gasteiger partial charge in [-0.05, 0) is 39.7 Å². The molecule has 2 saturated heterocycles. The second kappa shape index (κ2) is 8.14. The molecule has 1 aromatic carbocycles. The zero-order valence-corrected chi connectivity index (χ0v) is 17.6. The van der Waals surface area contributed by atoms with Crippen molar-refractivity contribution in [2.45, 2.75) is 52.3 Å². The number of amides is 1. The van der Waals surface area contributed by atoms with Crippen LogP contribution < -0.4 is 0 Å². The Morgan fingerprint density at radius 2 is 1.90 bits per heavy atom. The van der Waals surface area contributed by atoms with Gasteiger partial charge in [-0.1, -0.05) is 30.3 Å². The lowest BCUT2D eigenvalue weighted by atomic mass is 9.73. The second-order valence-corrected chi connectivity index (χ2v) is 8.70. The van der Waals surface area contributed by atoms with E-state index in [1.54, 1.807) is 11.8 Å². The summed E-state index contributed by atoms with van der Waals surface area (Å²) in [6, 6.07) is 9.37. The lowest BCUT2D eigenvalue weighted by Crippen LogP contribution is -2.59. The zero-order valence-electron chi connectivity index (χ0n) is 17.6. The molecule has 0 bridgehead atoms. The van der Waals surface area contributed by atoms with Crippen molar-refractivity contribution >= 4 is 17.8 Å². The van der Waals surface area contributed by atoms with Crippen LogP contribution in [0, 0.1) is 5.41 Å². The first-order valence-corrected chi connectivity index (χ1v) is 10.1. The predicted molar refractivity (Wildman–Crippen MR) is 107 cm³/mol. The van der Waals surface area contributed by atoms with Crippen molar-refractivity contribution in [1.29, 1.82) is 0 Å². The summed E-state index contributed by atoms with van der Waals surface area (Å²) in [7, 11) is 0. The van der Waals surface area contributed by atoms with E-state index in [2.05, 4.69) is 0 Å². The van der Waals surface area contributed by atoms with Gasteiger partial charge in [0.1, 0.15) is 11.0 Å². The van der Waals surface area contributed by atoms with Gasteiger partial charge in [0.25, 0.3) is 0 Å². The van der Waals surface area contributed by atoms with Gasteiger partial charge in [0.15, 0.2) is 5.78 Å². The molecule has 2 atom stereocenters. The van der Waals surface area contributed by atoms with E-state index in [4.69, 9.17) is 9.47 Å². The average Bonchev–Trinajstić information content (AvgIpc) is 2.93. The minimum Gasteiger partial charge on any atom is -0.465 e. The van der Waals surface area contributed by atoms with Crippen LogP contribution >= 0.6 is 0 Å². The van der Waals surface area contributed by atoms with Crippen molar-refractivity contribution in [2.24, 2.45) is 5.41 Å². The minimum atomic E-state index is -1.22. The maximum atomic E-state index is 13.1. The lowest BCUT2D eigenvalue weighted by molar-refractivity contribution is -0.163. The summed E-state index contributed by atoms with van der Waals surface area (Å²) in [5.41, 5.74) is -0.778. The van der Waals surface area contributed by atoms with E-state index < -0.39 is 29.1 Å². The molecule has 1 amide bonds. The molecule has 158 valence electrons. The van der Waals surface area contributed by atoms with Crippen LogP contribution in [0.15, 0.2) is 30.3 Å². The van der Waals surface area contributed by atoms with Crippen LogP contribution in [0.1, 0.15) is 39.7 Å². The smallest absolute Gasteiger partial charge is 0.410 e. The van der Waals surface area contributed by atoms with Crippen LogP contribution in [0.25, 0.3) is 0 Å². The number of esters is 1. The molecule has 1 aromatic rings. The third-order valence-corrected chi connectivity index (χ3v) is 5.54. The molecule has 3 rings (SSSR count). The molecule has 0 radical (unpaired) electrons. The minimum absolute atomic E-state index is 0.124.